The first-order valence-electron chi connectivity index (χ1n) is 15.2. The fourth-order valence-corrected chi connectivity index (χ4v) is 7.00. The van der Waals surface area contributed by atoms with Gasteiger partial charge in [-0.1, -0.05) is 84.9 Å². The van der Waals surface area contributed by atoms with Gasteiger partial charge in [-0.2, -0.15) is 16.8 Å². The smallest absolute Gasteiger partial charge is 0.298 e. The van der Waals surface area contributed by atoms with Crippen LogP contribution in [-0.4, -0.2) is 38.8 Å². The topological polar surface area (TPSA) is 144 Å². The summed E-state index contributed by atoms with van der Waals surface area (Å²) in [5.41, 5.74) is 4.95. The van der Waals surface area contributed by atoms with Gasteiger partial charge in [-0.3, -0.25) is 13.9 Å². The van der Waals surface area contributed by atoms with Crippen LogP contribution in [0, 0.1) is 6.92 Å². The molecule has 0 aliphatic rings. The Morgan fingerprint density at radius 2 is 0.980 bits per heavy atom. The van der Waals surface area contributed by atoms with E-state index in [1.165, 1.54) is 31.2 Å². The van der Waals surface area contributed by atoms with E-state index in [1.807, 2.05) is 91.0 Å². The maximum atomic E-state index is 13.4. The van der Waals surface area contributed by atoms with Gasteiger partial charge in [0.1, 0.15) is 22.1 Å². The Labute approximate surface area is 289 Å². The van der Waals surface area contributed by atoms with Crippen LogP contribution < -0.4 is 9.47 Å². The van der Waals surface area contributed by atoms with E-state index in [1.54, 1.807) is 13.2 Å². The molecule has 6 aromatic carbocycles. The van der Waals surface area contributed by atoms with Gasteiger partial charge in [0, 0.05) is 22.3 Å². The molecule has 6 aromatic rings. The fraction of sp³-hybridized carbons (Fsp3) is 0.0513. The number of carbonyl (C=O) groups excluding carboxylic acids is 1. The Morgan fingerprint density at radius 1 is 0.520 bits per heavy atom. The molecule has 0 bridgehead atoms. The quantitative estimate of drug-likeness (QED) is 0.106. The van der Waals surface area contributed by atoms with Gasteiger partial charge in [0.2, 0.25) is 0 Å². The van der Waals surface area contributed by atoms with Crippen LogP contribution >= 0.6 is 0 Å². The van der Waals surface area contributed by atoms with E-state index in [0.717, 1.165) is 39.9 Å². The normalized spacial score (nSPS) is 11.6. The summed E-state index contributed by atoms with van der Waals surface area (Å²) in [6.07, 6.45) is 0. The van der Waals surface area contributed by atoms with Gasteiger partial charge in [0.05, 0.1) is 12.0 Å². The first-order valence-corrected chi connectivity index (χ1v) is 18.1. The average Bonchev–Trinajstić information content (AvgIpc) is 3.11. The molecule has 9 nitrogen and oxygen atoms in total. The van der Waals surface area contributed by atoms with E-state index >= 15 is 0 Å². The van der Waals surface area contributed by atoms with Crippen LogP contribution in [0.5, 0.6) is 17.2 Å². The maximum Gasteiger partial charge on any atom is 0.298 e. The lowest BCUT2D eigenvalue weighted by atomic mass is 9.95. The zero-order valence-electron chi connectivity index (χ0n) is 26.8. The standard InChI is InChI=1S/C39H30O9S2/c1-25-13-14-30(23-37(25)49(41,42)43)39(40)31-17-20-36(38(24-31)50(44,45)46)48-35-19-16-29(22-33(35)27-11-7-4-8-12-27)28-15-18-34(47-2)32(21-28)26-9-5-3-6-10-26/h3-24H,1-2H3,(H,41,42,43)(H,44,45,46). The summed E-state index contributed by atoms with van der Waals surface area (Å²) in [4.78, 5) is 12.2. The van der Waals surface area contributed by atoms with Crippen molar-refractivity contribution in [2.75, 3.05) is 7.11 Å². The SMILES string of the molecule is COc1ccc(-c2ccc(Oc3ccc(C(=O)c4ccc(C)c(S(=O)(=O)O)c4)cc3S(=O)(=O)O)c(-c3ccccc3)c2)cc1-c1ccccc1. The van der Waals surface area contributed by atoms with Crippen molar-refractivity contribution in [1.82, 2.24) is 0 Å². The van der Waals surface area contributed by atoms with Gasteiger partial charge in [-0.25, -0.2) is 0 Å². The van der Waals surface area contributed by atoms with Gasteiger partial charge in [-0.05, 0) is 83.3 Å². The lowest BCUT2D eigenvalue weighted by Crippen LogP contribution is -2.08. The zero-order valence-corrected chi connectivity index (χ0v) is 28.4. The molecule has 6 rings (SSSR count). The summed E-state index contributed by atoms with van der Waals surface area (Å²) in [6, 6.07) is 37.7. The Bertz CT molecular complexity index is 2460. The van der Waals surface area contributed by atoms with E-state index < -0.39 is 35.8 Å². The van der Waals surface area contributed by atoms with Gasteiger partial charge in [0.25, 0.3) is 20.2 Å². The second-order valence-electron chi connectivity index (χ2n) is 11.4. The van der Waals surface area contributed by atoms with Crippen LogP contribution in [0.25, 0.3) is 33.4 Å². The van der Waals surface area contributed by atoms with Crippen molar-refractivity contribution >= 4 is 26.0 Å². The van der Waals surface area contributed by atoms with Crippen molar-refractivity contribution in [3.63, 3.8) is 0 Å². The number of ether oxygens (including phenoxy) is 2. The Morgan fingerprint density at radius 3 is 1.50 bits per heavy atom. The molecule has 0 unspecified atom stereocenters. The predicted molar refractivity (Wildman–Crippen MR) is 190 cm³/mol. The lowest BCUT2D eigenvalue weighted by Gasteiger charge is -2.17. The minimum atomic E-state index is -4.92. The molecule has 0 amide bonds. The van der Waals surface area contributed by atoms with Crippen LogP contribution in [0.3, 0.4) is 0 Å². The highest BCUT2D eigenvalue weighted by molar-refractivity contribution is 7.86. The molecule has 0 aromatic heterocycles. The number of hydrogen-bond donors (Lipinski definition) is 2. The molecule has 0 aliphatic heterocycles. The van der Waals surface area contributed by atoms with Crippen molar-refractivity contribution in [2.45, 2.75) is 16.7 Å². The predicted octanol–water partition coefficient (Wildman–Crippen LogP) is 8.52. The molecular weight excluding hydrogens is 677 g/mol. The molecule has 2 N–H and O–H groups in total. The van der Waals surface area contributed by atoms with Gasteiger partial charge >= 0.3 is 0 Å². The summed E-state index contributed by atoms with van der Waals surface area (Å²) in [6.45, 7) is 1.45. The van der Waals surface area contributed by atoms with Crippen LogP contribution in [-0.2, 0) is 20.2 Å². The summed E-state index contributed by atoms with van der Waals surface area (Å²) in [5, 5.41) is 0. The third-order valence-corrected chi connectivity index (χ3v) is 9.98. The van der Waals surface area contributed by atoms with E-state index in [2.05, 4.69) is 0 Å². The number of carbonyl (C=O) groups is 1. The third kappa shape index (κ3) is 7.21. The molecule has 0 aliphatic carbocycles. The second-order valence-corrected chi connectivity index (χ2v) is 14.2. The maximum absolute atomic E-state index is 13.4. The zero-order chi connectivity index (χ0) is 35.6. The van der Waals surface area contributed by atoms with E-state index in [-0.39, 0.29) is 28.2 Å². The fourth-order valence-electron chi connectivity index (χ4n) is 5.61. The van der Waals surface area contributed by atoms with Crippen molar-refractivity contribution in [3.8, 4) is 50.6 Å². The molecule has 252 valence electrons. The van der Waals surface area contributed by atoms with E-state index in [4.69, 9.17) is 9.47 Å². The highest BCUT2D eigenvalue weighted by Gasteiger charge is 2.24. The molecule has 11 heteroatoms. The third-order valence-electron chi connectivity index (χ3n) is 8.11. The highest BCUT2D eigenvalue weighted by Crippen LogP contribution is 2.41. The van der Waals surface area contributed by atoms with Crippen molar-refractivity contribution in [3.05, 3.63) is 150 Å². The molecule has 0 fully saturated rings. The van der Waals surface area contributed by atoms with Gasteiger partial charge in [-0.15, -0.1) is 0 Å². The van der Waals surface area contributed by atoms with Gasteiger partial charge < -0.3 is 9.47 Å². The first-order chi connectivity index (χ1) is 23.8. The van der Waals surface area contributed by atoms with E-state index in [0.29, 0.717) is 11.3 Å². The molecule has 0 spiro atoms. The molecular formula is C39H30O9S2. The lowest BCUT2D eigenvalue weighted by molar-refractivity contribution is 0.103. The molecule has 0 radical (unpaired) electrons. The van der Waals surface area contributed by atoms with Gasteiger partial charge in [0.15, 0.2) is 5.78 Å². The summed E-state index contributed by atoms with van der Waals surface area (Å²) in [7, 11) is -7.93. The van der Waals surface area contributed by atoms with E-state index in [9.17, 15) is 30.7 Å². The number of aryl methyl sites for hydroxylation is 1. The molecule has 0 saturated heterocycles. The van der Waals surface area contributed by atoms with Crippen molar-refractivity contribution in [2.24, 2.45) is 0 Å². The molecule has 50 heavy (non-hydrogen) atoms. The van der Waals surface area contributed by atoms with Crippen molar-refractivity contribution in [1.29, 1.82) is 0 Å². The Balaban J connectivity index is 1.42. The monoisotopic (exact) mass is 706 g/mol. The number of rotatable bonds is 10. The van der Waals surface area contributed by atoms with Crippen LogP contribution in [0.4, 0.5) is 0 Å². The number of hydrogen-bond acceptors (Lipinski definition) is 7. The summed E-state index contributed by atoms with van der Waals surface area (Å²) < 4.78 is 80.5. The van der Waals surface area contributed by atoms with Crippen LogP contribution in [0.15, 0.2) is 143 Å². The number of ketones is 1. The molecule has 0 saturated carbocycles. The largest absolute Gasteiger partial charge is 0.496 e. The molecule has 0 heterocycles. The summed E-state index contributed by atoms with van der Waals surface area (Å²) in [5.74, 6) is 0.00326. The minimum absolute atomic E-state index is 0.117. The Hall–Kier alpha value is -5.59. The molecule has 0 atom stereocenters. The summed E-state index contributed by atoms with van der Waals surface area (Å²) >= 11 is 0. The average molecular weight is 707 g/mol. The minimum Gasteiger partial charge on any atom is -0.496 e. The van der Waals surface area contributed by atoms with Crippen molar-refractivity contribution < 1.29 is 40.2 Å². The first kappa shape index (κ1) is 34.3. The number of methoxy groups -OCH3 is 1. The Kier molecular flexibility index (Phi) is 9.41. The van der Waals surface area contributed by atoms with Crippen LogP contribution in [0.2, 0.25) is 0 Å². The van der Waals surface area contributed by atoms with Crippen LogP contribution in [0.1, 0.15) is 21.5 Å². The number of benzene rings is 6. The highest BCUT2D eigenvalue weighted by atomic mass is 32.2. The second kappa shape index (κ2) is 13.7.